The van der Waals surface area contributed by atoms with Crippen molar-refractivity contribution in [1.29, 1.82) is 0 Å². The molecule has 0 aliphatic carbocycles. The van der Waals surface area contributed by atoms with Crippen molar-refractivity contribution in [1.82, 2.24) is 15.2 Å². The van der Waals surface area contributed by atoms with E-state index in [2.05, 4.69) is 29.2 Å². The van der Waals surface area contributed by atoms with Gasteiger partial charge in [-0.05, 0) is 32.4 Å². The highest BCUT2D eigenvalue weighted by Gasteiger charge is 2.18. The monoisotopic (exact) mass is 418 g/mol. The van der Waals surface area contributed by atoms with Crippen molar-refractivity contribution in [3.63, 3.8) is 0 Å². The normalized spacial score (nSPS) is 18.0. The third-order valence-electron chi connectivity index (χ3n) is 3.59. The minimum absolute atomic E-state index is 0. The fourth-order valence-corrected chi connectivity index (χ4v) is 2.51. The van der Waals surface area contributed by atoms with Crippen LogP contribution in [0.1, 0.15) is 24.7 Å². The van der Waals surface area contributed by atoms with E-state index in [1.165, 1.54) is 0 Å². The first-order valence-electron chi connectivity index (χ1n) is 7.68. The Labute approximate surface area is 150 Å². The average Bonchev–Trinajstić information content (AvgIpc) is 2.96. The number of aryl methyl sites for hydroxylation is 1. The van der Waals surface area contributed by atoms with Gasteiger partial charge in [-0.15, -0.1) is 24.0 Å². The molecular formula is C16H27IN4O. The fourth-order valence-electron chi connectivity index (χ4n) is 2.51. The summed E-state index contributed by atoms with van der Waals surface area (Å²) in [5.41, 5.74) is 2.03. The standard InChI is InChI=1S/C16H26N4O.HI/c1-4-17-16(20(3)11-14-8-9-21-12-14)18-10-15-7-5-6-13(2)19-15;/h5-7,14H,4,8-12H2,1-3H3,(H,17,18);1H. The maximum Gasteiger partial charge on any atom is 0.194 e. The number of rotatable bonds is 5. The quantitative estimate of drug-likeness (QED) is 0.454. The number of halogens is 1. The van der Waals surface area contributed by atoms with Crippen molar-refractivity contribution in [3.05, 3.63) is 29.6 Å². The van der Waals surface area contributed by atoms with Gasteiger partial charge in [-0.3, -0.25) is 4.98 Å². The van der Waals surface area contributed by atoms with Gasteiger partial charge in [-0.1, -0.05) is 6.07 Å². The SMILES string of the molecule is CCNC(=NCc1cccc(C)n1)N(C)CC1CCOC1.I. The Morgan fingerprint density at radius 3 is 2.95 bits per heavy atom. The summed E-state index contributed by atoms with van der Waals surface area (Å²) in [7, 11) is 2.09. The van der Waals surface area contributed by atoms with Crippen LogP contribution >= 0.6 is 24.0 Å². The summed E-state index contributed by atoms with van der Waals surface area (Å²) in [6.07, 6.45) is 1.14. The second-order valence-electron chi connectivity index (χ2n) is 5.55. The first-order valence-corrected chi connectivity index (χ1v) is 7.68. The number of aliphatic imine (C=N–C) groups is 1. The summed E-state index contributed by atoms with van der Waals surface area (Å²) in [6, 6.07) is 6.05. The van der Waals surface area contributed by atoms with Gasteiger partial charge >= 0.3 is 0 Å². The third-order valence-corrected chi connectivity index (χ3v) is 3.59. The van der Waals surface area contributed by atoms with Crippen molar-refractivity contribution in [2.45, 2.75) is 26.8 Å². The van der Waals surface area contributed by atoms with E-state index in [1.54, 1.807) is 0 Å². The van der Waals surface area contributed by atoms with E-state index in [-0.39, 0.29) is 24.0 Å². The van der Waals surface area contributed by atoms with Crippen LogP contribution in [0.3, 0.4) is 0 Å². The molecule has 0 bridgehead atoms. The molecule has 0 amide bonds. The van der Waals surface area contributed by atoms with Crippen molar-refractivity contribution in [2.75, 3.05) is 33.4 Å². The van der Waals surface area contributed by atoms with Gasteiger partial charge in [0.1, 0.15) is 0 Å². The highest BCUT2D eigenvalue weighted by atomic mass is 127. The predicted molar refractivity (Wildman–Crippen MR) is 101 cm³/mol. The summed E-state index contributed by atoms with van der Waals surface area (Å²) in [5, 5.41) is 3.35. The highest BCUT2D eigenvalue weighted by molar-refractivity contribution is 14.0. The lowest BCUT2D eigenvalue weighted by Crippen LogP contribution is -2.41. The van der Waals surface area contributed by atoms with E-state index < -0.39 is 0 Å². The molecule has 1 aromatic heterocycles. The van der Waals surface area contributed by atoms with Gasteiger partial charge in [0.15, 0.2) is 5.96 Å². The summed E-state index contributed by atoms with van der Waals surface area (Å²) in [5.74, 6) is 1.55. The van der Waals surface area contributed by atoms with Crippen LogP contribution in [0.4, 0.5) is 0 Å². The number of ether oxygens (including phenoxy) is 1. The van der Waals surface area contributed by atoms with Gasteiger partial charge in [0.2, 0.25) is 0 Å². The number of hydrogen-bond acceptors (Lipinski definition) is 3. The van der Waals surface area contributed by atoms with Crippen LogP contribution in [0.2, 0.25) is 0 Å². The molecule has 1 aliphatic heterocycles. The van der Waals surface area contributed by atoms with Gasteiger partial charge in [0.25, 0.3) is 0 Å². The first kappa shape index (κ1) is 19.2. The number of hydrogen-bond donors (Lipinski definition) is 1. The average molecular weight is 418 g/mol. The van der Waals surface area contributed by atoms with Gasteiger partial charge in [-0.25, -0.2) is 4.99 Å². The lowest BCUT2D eigenvalue weighted by atomic mass is 10.1. The Balaban J connectivity index is 0.00000242. The molecule has 5 nitrogen and oxygen atoms in total. The molecule has 6 heteroatoms. The zero-order valence-electron chi connectivity index (χ0n) is 13.7. The Hall–Kier alpha value is -0.890. The number of guanidine groups is 1. The molecule has 1 aliphatic rings. The molecule has 0 spiro atoms. The molecule has 0 aromatic carbocycles. The molecule has 1 aromatic rings. The second-order valence-corrected chi connectivity index (χ2v) is 5.55. The molecule has 0 radical (unpaired) electrons. The molecule has 1 saturated heterocycles. The van der Waals surface area contributed by atoms with Gasteiger partial charge in [-0.2, -0.15) is 0 Å². The Kier molecular flexibility index (Phi) is 8.70. The van der Waals surface area contributed by atoms with Crippen LogP contribution in [-0.2, 0) is 11.3 Å². The first-order chi connectivity index (χ1) is 10.2. The van der Waals surface area contributed by atoms with Crippen molar-refractivity contribution in [3.8, 4) is 0 Å². The van der Waals surface area contributed by atoms with E-state index in [0.29, 0.717) is 12.5 Å². The molecule has 2 rings (SSSR count). The number of nitrogens with zero attached hydrogens (tertiary/aromatic N) is 3. The molecular weight excluding hydrogens is 391 g/mol. The zero-order valence-corrected chi connectivity index (χ0v) is 16.0. The molecule has 1 unspecified atom stereocenters. The van der Waals surface area contributed by atoms with E-state index >= 15 is 0 Å². The molecule has 22 heavy (non-hydrogen) atoms. The number of nitrogens with one attached hydrogen (secondary N) is 1. The van der Waals surface area contributed by atoms with E-state index in [0.717, 1.165) is 50.1 Å². The van der Waals surface area contributed by atoms with Crippen LogP contribution < -0.4 is 5.32 Å². The van der Waals surface area contributed by atoms with Crippen LogP contribution in [0.5, 0.6) is 0 Å². The minimum atomic E-state index is 0. The largest absolute Gasteiger partial charge is 0.381 e. The highest BCUT2D eigenvalue weighted by Crippen LogP contribution is 2.13. The van der Waals surface area contributed by atoms with Gasteiger partial charge in [0, 0.05) is 38.4 Å². The van der Waals surface area contributed by atoms with Crippen LogP contribution in [-0.4, -0.2) is 49.2 Å². The zero-order chi connectivity index (χ0) is 15.1. The number of pyridine rings is 1. The molecule has 124 valence electrons. The summed E-state index contributed by atoms with van der Waals surface area (Å²) >= 11 is 0. The molecule has 1 fully saturated rings. The Morgan fingerprint density at radius 1 is 1.50 bits per heavy atom. The van der Waals surface area contributed by atoms with Crippen molar-refractivity contribution < 1.29 is 4.74 Å². The Bertz CT molecular complexity index is 475. The maximum absolute atomic E-state index is 5.44. The summed E-state index contributed by atoms with van der Waals surface area (Å²) < 4.78 is 5.44. The lowest BCUT2D eigenvalue weighted by Gasteiger charge is -2.24. The number of aromatic nitrogens is 1. The summed E-state index contributed by atoms with van der Waals surface area (Å²) in [4.78, 5) is 11.4. The summed E-state index contributed by atoms with van der Waals surface area (Å²) in [6.45, 7) is 8.30. The molecule has 1 atom stereocenters. The smallest absolute Gasteiger partial charge is 0.194 e. The maximum atomic E-state index is 5.44. The van der Waals surface area contributed by atoms with Crippen LogP contribution in [0, 0.1) is 12.8 Å². The van der Waals surface area contributed by atoms with E-state index in [1.807, 2.05) is 25.1 Å². The van der Waals surface area contributed by atoms with Crippen LogP contribution in [0.25, 0.3) is 0 Å². The van der Waals surface area contributed by atoms with Crippen molar-refractivity contribution in [2.24, 2.45) is 10.9 Å². The fraction of sp³-hybridized carbons (Fsp3) is 0.625. The molecule has 2 heterocycles. The minimum Gasteiger partial charge on any atom is -0.381 e. The van der Waals surface area contributed by atoms with Crippen LogP contribution in [0.15, 0.2) is 23.2 Å². The lowest BCUT2D eigenvalue weighted by molar-refractivity contribution is 0.181. The van der Waals surface area contributed by atoms with Gasteiger partial charge < -0.3 is 15.0 Å². The predicted octanol–water partition coefficient (Wildman–Crippen LogP) is 2.44. The van der Waals surface area contributed by atoms with E-state index in [4.69, 9.17) is 9.73 Å². The van der Waals surface area contributed by atoms with Gasteiger partial charge in [0.05, 0.1) is 18.8 Å². The second kappa shape index (κ2) is 9.99. The van der Waals surface area contributed by atoms with Crippen molar-refractivity contribution >= 4 is 29.9 Å². The Morgan fingerprint density at radius 2 is 2.32 bits per heavy atom. The topological polar surface area (TPSA) is 49.8 Å². The third kappa shape index (κ3) is 6.08. The molecule has 0 saturated carbocycles. The molecule has 1 N–H and O–H groups in total. The van der Waals surface area contributed by atoms with E-state index in [9.17, 15) is 0 Å².